The quantitative estimate of drug-likeness (QED) is 0.652. The standard InChI is InChI=1S/C11H18F2N2O3/c1-7(2)4-15(6-9(12)13)5-8(10(16)17)14(3)11(15)18/h7-9H,4-6H2,1-3H3. The zero-order valence-corrected chi connectivity index (χ0v) is 10.7. The van der Waals surface area contributed by atoms with Crippen molar-refractivity contribution < 1.29 is 28.0 Å². The minimum atomic E-state index is -2.65. The zero-order valence-electron chi connectivity index (χ0n) is 10.7. The molecule has 0 aromatic carbocycles. The number of nitrogens with zero attached hydrogens (tertiary/aromatic N) is 2. The molecule has 7 heteroatoms. The van der Waals surface area contributed by atoms with Crippen molar-refractivity contribution in [1.82, 2.24) is 4.90 Å². The molecule has 1 heterocycles. The number of hydrogen-bond acceptors (Lipinski definition) is 3. The van der Waals surface area contributed by atoms with Crippen LogP contribution in [0.1, 0.15) is 13.8 Å². The number of carboxylic acid groups (broad SMARTS) is 1. The molecule has 1 rings (SSSR count). The van der Waals surface area contributed by atoms with Gasteiger partial charge in [0, 0.05) is 13.0 Å². The third kappa shape index (κ3) is 2.77. The molecule has 104 valence electrons. The summed E-state index contributed by atoms with van der Waals surface area (Å²) in [6.07, 6.45) is -2.65. The van der Waals surface area contributed by atoms with Gasteiger partial charge in [0.05, 0.1) is 12.5 Å². The maximum absolute atomic E-state index is 12.7. The van der Waals surface area contributed by atoms with E-state index in [1.165, 1.54) is 7.05 Å². The van der Waals surface area contributed by atoms with Gasteiger partial charge in [0.1, 0.15) is 19.1 Å². The Balaban J connectivity index is 3.03. The Bertz CT molecular complexity index is 337. The second kappa shape index (κ2) is 5.17. The number of aliphatic carboxylic acids is 1. The van der Waals surface area contributed by atoms with Gasteiger partial charge in [-0.1, -0.05) is 13.8 Å². The van der Waals surface area contributed by atoms with Crippen LogP contribution in [0.2, 0.25) is 0 Å². The third-order valence-corrected chi connectivity index (χ3v) is 3.17. The summed E-state index contributed by atoms with van der Waals surface area (Å²) >= 11 is 0. The van der Waals surface area contributed by atoms with Crippen molar-refractivity contribution in [3.63, 3.8) is 0 Å². The fourth-order valence-corrected chi connectivity index (χ4v) is 2.58. The van der Waals surface area contributed by atoms with Crippen LogP contribution in [-0.4, -0.2) is 60.5 Å². The molecule has 0 aromatic rings. The molecule has 0 aromatic heterocycles. The molecule has 2 amide bonds. The van der Waals surface area contributed by atoms with Crippen LogP contribution in [0.4, 0.5) is 13.6 Å². The lowest BCUT2D eigenvalue weighted by Gasteiger charge is -2.31. The Morgan fingerprint density at radius 2 is 2.06 bits per heavy atom. The summed E-state index contributed by atoms with van der Waals surface area (Å²) in [4.78, 5) is 24.0. The van der Waals surface area contributed by atoms with Crippen molar-refractivity contribution in [2.75, 3.05) is 26.7 Å². The van der Waals surface area contributed by atoms with Crippen molar-refractivity contribution in [3.8, 4) is 0 Å². The lowest BCUT2D eigenvalue weighted by molar-refractivity contribution is -0.850. The van der Waals surface area contributed by atoms with Crippen LogP contribution >= 0.6 is 0 Å². The van der Waals surface area contributed by atoms with Crippen LogP contribution in [-0.2, 0) is 4.79 Å². The number of carbonyl (C=O) groups excluding carboxylic acids is 2. The Morgan fingerprint density at radius 1 is 1.50 bits per heavy atom. The van der Waals surface area contributed by atoms with Gasteiger partial charge >= 0.3 is 6.03 Å². The van der Waals surface area contributed by atoms with Gasteiger partial charge in [-0.15, -0.1) is 0 Å². The molecule has 0 bridgehead atoms. The van der Waals surface area contributed by atoms with E-state index < -0.39 is 35.5 Å². The van der Waals surface area contributed by atoms with Gasteiger partial charge in [-0.2, -0.15) is 0 Å². The second-order valence-electron chi connectivity index (χ2n) is 5.21. The lowest BCUT2D eigenvalue weighted by atomic mass is 10.1. The van der Waals surface area contributed by atoms with Crippen molar-refractivity contribution in [3.05, 3.63) is 0 Å². The minimum Gasteiger partial charge on any atom is -0.548 e. The Morgan fingerprint density at radius 3 is 2.39 bits per heavy atom. The van der Waals surface area contributed by atoms with Crippen molar-refractivity contribution >= 4 is 12.0 Å². The van der Waals surface area contributed by atoms with E-state index in [4.69, 9.17) is 0 Å². The van der Waals surface area contributed by atoms with E-state index in [0.717, 1.165) is 4.90 Å². The monoisotopic (exact) mass is 264 g/mol. The Kier molecular flexibility index (Phi) is 4.26. The maximum atomic E-state index is 12.7. The molecule has 2 unspecified atom stereocenters. The maximum Gasteiger partial charge on any atom is 0.419 e. The molecule has 0 saturated carbocycles. The van der Waals surface area contributed by atoms with E-state index in [0.29, 0.717) is 0 Å². The fourth-order valence-electron chi connectivity index (χ4n) is 2.58. The van der Waals surface area contributed by atoms with E-state index in [1.54, 1.807) is 0 Å². The summed E-state index contributed by atoms with van der Waals surface area (Å²) in [5.74, 6) is -1.38. The molecule has 1 aliphatic rings. The molecule has 0 radical (unpaired) electrons. The fraction of sp³-hybridized carbons (Fsp3) is 0.818. The highest BCUT2D eigenvalue weighted by Crippen LogP contribution is 2.26. The average Bonchev–Trinajstić information content (AvgIpc) is 2.42. The Hall–Kier alpha value is -1.24. The number of alkyl halides is 2. The lowest BCUT2D eigenvalue weighted by Crippen LogP contribution is -2.55. The minimum absolute atomic E-state index is 0.0154. The van der Waals surface area contributed by atoms with Gasteiger partial charge in [0.2, 0.25) is 0 Å². The van der Waals surface area contributed by atoms with Crippen LogP contribution in [0.3, 0.4) is 0 Å². The van der Waals surface area contributed by atoms with Crippen LogP contribution in [0.5, 0.6) is 0 Å². The van der Waals surface area contributed by atoms with Gasteiger partial charge in [0.25, 0.3) is 6.43 Å². The van der Waals surface area contributed by atoms with Crippen LogP contribution in [0.15, 0.2) is 0 Å². The zero-order chi connectivity index (χ0) is 14.1. The molecular weight excluding hydrogens is 246 g/mol. The van der Waals surface area contributed by atoms with Crippen molar-refractivity contribution in [2.24, 2.45) is 5.92 Å². The molecular formula is C11H18F2N2O3. The highest BCUT2D eigenvalue weighted by atomic mass is 19.3. The molecule has 1 fully saturated rings. The van der Waals surface area contributed by atoms with E-state index >= 15 is 0 Å². The van der Waals surface area contributed by atoms with E-state index in [9.17, 15) is 23.5 Å². The van der Waals surface area contributed by atoms with Crippen LogP contribution < -0.4 is 5.11 Å². The molecule has 1 saturated heterocycles. The number of urea groups is 1. The normalized spacial score (nSPS) is 28.5. The largest absolute Gasteiger partial charge is 0.548 e. The predicted molar refractivity (Wildman–Crippen MR) is 57.7 cm³/mol. The molecule has 5 nitrogen and oxygen atoms in total. The van der Waals surface area contributed by atoms with Gasteiger partial charge < -0.3 is 9.90 Å². The first-order chi connectivity index (χ1) is 8.19. The highest BCUT2D eigenvalue weighted by molar-refractivity contribution is 5.81. The van der Waals surface area contributed by atoms with Crippen LogP contribution in [0.25, 0.3) is 0 Å². The van der Waals surface area contributed by atoms with Crippen molar-refractivity contribution in [1.29, 1.82) is 0 Å². The predicted octanol–water partition coefficient (Wildman–Crippen LogP) is -0.0918. The molecule has 1 aliphatic heterocycles. The van der Waals surface area contributed by atoms with Crippen molar-refractivity contribution in [2.45, 2.75) is 26.3 Å². The number of likely N-dealkylation sites (N-methyl/N-ethyl adjacent to an activating group) is 1. The molecule has 2 atom stereocenters. The first-order valence-electron chi connectivity index (χ1n) is 5.82. The average molecular weight is 264 g/mol. The number of hydrogen-bond donors (Lipinski definition) is 0. The summed E-state index contributed by atoms with van der Waals surface area (Å²) in [6, 6.07) is -1.70. The summed E-state index contributed by atoms with van der Waals surface area (Å²) in [6.45, 7) is 3.03. The summed E-state index contributed by atoms with van der Waals surface area (Å²) in [5, 5.41) is 10.9. The second-order valence-corrected chi connectivity index (χ2v) is 5.21. The van der Waals surface area contributed by atoms with Gasteiger partial charge in [0.15, 0.2) is 0 Å². The number of amides is 2. The Labute approximate surface area is 105 Å². The van der Waals surface area contributed by atoms with E-state index in [1.807, 2.05) is 13.8 Å². The first-order valence-corrected chi connectivity index (χ1v) is 5.82. The number of carbonyl (C=O) groups is 2. The van der Waals surface area contributed by atoms with Gasteiger partial charge in [-0.05, 0) is 0 Å². The van der Waals surface area contributed by atoms with E-state index in [2.05, 4.69) is 0 Å². The summed E-state index contributed by atoms with van der Waals surface area (Å²) in [7, 11) is 1.31. The number of carboxylic acids is 1. The number of halogens is 2. The molecule has 0 spiro atoms. The summed E-state index contributed by atoms with van der Waals surface area (Å²) in [5.41, 5.74) is 0. The number of quaternary nitrogens is 1. The summed E-state index contributed by atoms with van der Waals surface area (Å²) < 4.78 is 24.8. The SMILES string of the molecule is CC(C)C[N+]1(CC(F)F)CC(C(=O)[O-])N(C)C1=O. The van der Waals surface area contributed by atoms with E-state index in [-0.39, 0.29) is 19.0 Å². The van der Waals surface area contributed by atoms with Gasteiger partial charge in [-0.25, -0.2) is 18.1 Å². The molecule has 0 N–H and O–H groups in total. The first kappa shape index (κ1) is 14.8. The molecule has 0 aliphatic carbocycles. The van der Waals surface area contributed by atoms with Crippen LogP contribution in [0, 0.1) is 5.92 Å². The topological polar surface area (TPSA) is 60.4 Å². The number of rotatable bonds is 5. The van der Waals surface area contributed by atoms with Gasteiger partial charge in [-0.3, -0.25) is 4.90 Å². The molecule has 18 heavy (non-hydrogen) atoms. The smallest absolute Gasteiger partial charge is 0.419 e. The highest BCUT2D eigenvalue weighted by Gasteiger charge is 2.52. The third-order valence-electron chi connectivity index (χ3n) is 3.17.